The number of hydrogen-bond acceptors (Lipinski definition) is 5. The van der Waals surface area contributed by atoms with Gasteiger partial charge in [-0.05, 0) is 54.6 Å². The highest BCUT2D eigenvalue weighted by molar-refractivity contribution is 6.76. The van der Waals surface area contributed by atoms with Crippen LogP contribution >= 0.6 is 0 Å². The second kappa shape index (κ2) is 9.08. The SMILES string of the molecule is C[Si](C)(C)CCOCn1c(C(=O)c2ccc(-n3c(=O)[nH]c4cccnc43)cc2)nc2ccccc21. The van der Waals surface area contributed by atoms with Gasteiger partial charge in [0, 0.05) is 26.4 Å². The summed E-state index contributed by atoms with van der Waals surface area (Å²) < 4.78 is 9.30. The maximum absolute atomic E-state index is 13.5. The number of nitrogens with one attached hydrogen (secondary N) is 1. The minimum absolute atomic E-state index is 0.203. The van der Waals surface area contributed by atoms with Crippen LogP contribution in [0.5, 0.6) is 0 Å². The Kier molecular flexibility index (Phi) is 5.96. The lowest BCUT2D eigenvalue weighted by molar-refractivity contribution is 0.0834. The Morgan fingerprint density at radius 3 is 2.57 bits per heavy atom. The van der Waals surface area contributed by atoms with Crippen molar-refractivity contribution in [3.05, 3.63) is 88.7 Å². The molecule has 9 heteroatoms. The number of aromatic amines is 1. The van der Waals surface area contributed by atoms with Gasteiger partial charge in [0.2, 0.25) is 5.78 Å². The first kappa shape index (κ1) is 22.9. The van der Waals surface area contributed by atoms with E-state index in [0.717, 1.165) is 17.1 Å². The van der Waals surface area contributed by atoms with Crippen molar-refractivity contribution >= 4 is 36.1 Å². The molecule has 1 N–H and O–H groups in total. The molecule has 0 amide bonds. The van der Waals surface area contributed by atoms with E-state index in [2.05, 4.69) is 34.6 Å². The van der Waals surface area contributed by atoms with E-state index in [-0.39, 0.29) is 18.2 Å². The molecule has 5 rings (SSSR count). The summed E-state index contributed by atoms with van der Waals surface area (Å²) >= 11 is 0. The zero-order valence-corrected chi connectivity index (χ0v) is 21.0. The fourth-order valence-electron chi connectivity index (χ4n) is 3.98. The molecule has 0 fully saturated rings. The van der Waals surface area contributed by atoms with Crippen LogP contribution in [0, 0.1) is 0 Å². The number of fused-ring (bicyclic) bond motifs is 2. The van der Waals surface area contributed by atoms with Gasteiger partial charge in [0.15, 0.2) is 11.5 Å². The van der Waals surface area contributed by atoms with Crippen molar-refractivity contribution in [2.75, 3.05) is 6.61 Å². The molecule has 3 aromatic heterocycles. The number of para-hydroxylation sites is 2. The van der Waals surface area contributed by atoms with Crippen LogP contribution in [0.15, 0.2) is 71.7 Å². The van der Waals surface area contributed by atoms with Gasteiger partial charge in [0.05, 0.1) is 22.2 Å². The molecule has 0 aliphatic heterocycles. The lowest BCUT2D eigenvalue weighted by Gasteiger charge is -2.16. The van der Waals surface area contributed by atoms with Gasteiger partial charge in [0.25, 0.3) is 0 Å². The summed E-state index contributed by atoms with van der Waals surface area (Å²) in [6.45, 7) is 7.84. The number of ketones is 1. The van der Waals surface area contributed by atoms with Gasteiger partial charge >= 0.3 is 5.69 Å². The molecule has 2 aromatic carbocycles. The molecule has 0 spiro atoms. The van der Waals surface area contributed by atoms with E-state index in [4.69, 9.17) is 4.74 Å². The third-order valence-electron chi connectivity index (χ3n) is 5.91. The number of hydrogen-bond donors (Lipinski definition) is 1. The quantitative estimate of drug-likeness (QED) is 0.197. The minimum Gasteiger partial charge on any atom is -0.361 e. The molecule has 0 saturated heterocycles. The molecule has 8 nitrogen and oxygen atoms in total. The summed E-state index contributed by atoms with van der Waals surface area (Å²) in [5.74, 6) is 0.129. The van der Waals surface area contributed by atoms with Gasteiger partial charge in [-0.1, -0.05) is 31.8 Å². The van der Waals surface area contributed by atoms with Crippen LogP contribution in [0.4, 0.5) is 0 Å². The molecule has 0 bridgehead atoms. The number of H-pyrrole nitrogens is 1. The number of imidazole rings is 2. The van der Waals surface area contributed by atoms with E-state index < -0.39 is 8.07 Å². The summed E-state index contributed by atoms with van der Waals surface area (Å²) in [4.78, 5) is 37.7. The molecule has 0 saturated carbocycles. The highest BCUT2D eigenvalue weighted by Crippen LogP contribution is 2.21. The maximum Gasteiger partial charge on any atom is 0.332 e. The monoisotopic (exact) mass is 485 g/mol. The Bertz CT molecular complexity index is 1570. The van der Waals surface area contributed by atoms with Crippen LogP contribution in [0.3, 0.4) is 0 Å². The van der Waals surface area contributed by atoms with E-state index in [1.807, 2.05) is 28.8 Å². The van der Waals surface area contributed by atoms with Crippen molar-refractivity contribution in [1.82, 2.24) is 24.1 Å². The molecule has 35 heavy (non-hydrogen) atoms. The van der Waals surface area contributed by atoms with E-state index in [1.165, 1.54) is 4.57 Å². The second-order valence-corrected chi connectivity index (χ2v) is 15.3. The Morgan fingerprint density at radius 2 is 1.80 bits per heavy atom. The van der Waals surface area contributed by atoms with Gasteiger partial charge in [-0.15, -0.1) is 0 Å². The molecule has 3 heterocycles. The lowest BCUT2D eigenvalue weighted by atomic mass is 10.1. The van der Waals surface area contributed by atoms with Crippen molar-refractivity contribution in [3.63, 3.8) is 0 Å². The first-order valence-electron chi connectivity index (χ1n) is 11.6. The third kappa shape index (κ3) is 4.60. The van der Waals surface area contributed by atoms with Gasteiger partial charge < -0.3 is 9.72 Å². The number of pyridine rings is 1. The van der Waals surface area contributed by atoms with Crippen molar-refractivity contribution in [1.29, 1.82) is 0 Å². The number of benzene rings is 2. The summed E-state index contributed by atoms with van der Waals surface area (Å²) in [6, 6.07) is 19.2. The summed E-state index contributed by atoms with van der Waals surface area (Å²) in [5.41, 5.74) is 3.62. The summed E-state index contributed by atoms with van der Waals surface area (Å²) in [6.07, 6.45) is 1.64. The van der Waals surface area contributed by atoms with Gasteiger partial charge in [-0.3, -0.25) is 9.36 Å². The zero-order chi connectivity index (χ0) is 24.6. The second-order valence-electron chi connectivity index (χ2n) is 9.72. The molecule has 0 aliphatic carbocycles. The number of rotatable bonds is 8. The Labute approximate surface area is 203 Å². The molecule has 0 radical (unpaired) electrons. The maximum atomic E-state index is 13.5. The normalized spacial score (nSPS) is 12.0. The molecular weight excluding hydrogens is 458 g/mol. The number of nitrogens with zero attached hydrogens (tertiary/aromatic N) is 4. The van der Waals surface area contributed by atoms with Crippen molar-refractivity contribution in [2.45, 2.75) is 32.4 Å². The first-order chi connectivity index (χ1) is 16.8. The third-order valence-corrected chi connectivity index (χ3v) is 7.61. The first-order valence-corrected chi connectivity index (χ1v) is 15.3. The van der Waals surface area contributed by atoms with Crippen LogP contribution in [0.25, 0.3) is 27.9 Å². The zero-order valence-electron chi connectivity index (χ0n) is 20.0. The highest BCUT2D eigenvalue weighted by atomic mass is 28.3. The number of ether oxygens (including phenoxy) is 1. The molecule has 0 aliphatic rings. The molecule has 178 valence electrons. The highest BCUT2D eigenvalue weighted by Gasteiger charge is 2.20. The van der Waals surface area contributed by atoms with Crippen molar-refractivity contribution in [3.8, 4) is 5.69 Å². The average molecular weight is 486 g/mol. The average Bonchev–Trinajstić information content (AvgIpc) is 3.38. The summed E-state index contributed by atoms with van der Waals surface area (Å²) in [7, 11) is -1.22. The summed E-state index contributed by atoms with van der Waals surface area (Å²) in [5, 5.41) is 0. The van der Waals surface area contributed by atoms with Crippen LogP contribution in [0.1, 0.15) is 16.2 Å². The minimum atomic E-state index is -1.22. The fraction of sp³-hybridized carbons (Fsp3) is 0.231. The number of aromatic nitrogens is 5. The van der Waals surface area contributed by atoms with Gasteiger partial charge in [-0.25, -0.2) is 19.3 Å². The Hall–Kier alpha value is -3.82. The van der Waals surface area contributed by atoms with Gasteiger partial charge in [-0.2, -0.15) is 0 Å². The van der Waals surface area contributed by atoms with Crippen LogP contribution in [0.2, 0.25) is 25.7 Å². The van der Waals surface area contributed by atoms with E-state index in [1.54, 1.807) is 42.6 Å². The molecular formula is C26H27N5O3Si. The van der Waals surface area contributed by atoms with E-state index >= 15 is 0 Å². The van der Waals surface area contributed by atoms with Crippen LogP contribution < -0.4 is 5.69 Å². The van der Waals surface area contributed by atoms with Crippen LogP contribution in [-0.4, -0.2) is 44.6 Å². The molecule has 0 atom stereocenters. The van der Waals surface area contributed by atoms with Gasteiger partial charge in [0.1, 0.15) is 6.73 Å². The van der Waals surface area contributed by atoms with Crippen molar-refractivity contribution < 1.29 is 9.53 Å². The smallest absolute Gasteiger partial charge is 0.332 e. The largest absolute Gasteiger partial charge is 0.361 e. The fourth-order valence-corrected chi connectivity index (χ4v) is 4.74. The van der Waals surface area contributed by atoms with Crippen LogP contribution in [-0.2, 0) is 11.5 Å². The Morgan fingerprint density at radius 1 is 1.03 bits per heavy atom. The lowest BCUT2D eigenvalue weighted by Crippen LogP contribution is -2.22. The topological polar surface area (TPSA) is 94.8 Å². The molecule has 0 unspecified atom stereocenters. The van der Waals surface area contributed by atoms with E-state index in [0.29, 0.717) is 34.8 Å². The van der Waals surface area contributed by atoms with E-state index in [9.17, 15) is 9.59 Å². The Balaban J connectivity index is 1.45. The predicted molar refractivity (Wildman–Crippen MR) is 139 cm³/mol. The molecule has 5 aromatic rings. The van der Waals surface area contributed by atoms with Crippen molar-refractivity contribution in [2.24, 2.45) is 0 Å². The number of carbonyl (C=O) groups is 1. The number of carbonyl (C=O) groups excluding carboxylic acids is 1. The standard InChI is InChI=1S/C26H27N5O3Si/c1-35(2,3)16-15-34-17-30-22-9-5-4-7-20(22)28-25(30)23(32)18-10-12-19(13-11-18)31-24-21(29-26(31)33)8-6-14-27-24/h4-14H,15-17H2,1-3H3,(H,29,33). The predicted octanol–water partition coefficient (Wildman–Crippen LogP) is 4.61.